The minimum Gasteiger partial charge on any atom is -0.465 e. The zero-order valence-electron chi connectivity index (χ0n) is 13.9. The van der Waals surface area contributed by atoms with Crippen LogP contribution in [0, 0.1) is 0 Å². The predicted molar refractivity (Wildman–Crippen MR) is 96.0 cm³/mol. The Labute approximate surface area is 145 Å². The molecule has 0 N–H and O–H groups in total. The Morgan fingerprint density at radius 2 is 1.60 bits per heavy atom. The molecule has 0 spiro atoms. The molecule has 0 fully saturated rings. The van der Waals surface area contributed by atoms with Gasteiger partial charge in [0, 0.05) is 5.56 Å². The fourth-order valence-corrected chi connectivity index (χ4v) is 2.55. The van der Waals surface area contributed by atoms with Crippen molar-refractivity contribution in [3.63, 3.8) is 0 Å². The summed E-state index contributed by atoms with van der Waals surface area (Å²) in [5.74, 6) is -0.485. The summed E-state index contributed by atoms with van der Waals surface area (Å²) in [4.78, 5) is 24.6. The van der Waals surface area contributed by atoms with E-state index in [1.54, 1.807) is 13.0 Å². The molecule has 25 heavy (non-hydrogen) atoms. The molecule has 2 aromatic carbocycles. The van der Waals surface area contributed by atoms with Crippen LogP contribution in [0.2, 0.25) is 0 Å². The molecule has 126 valence electrons. The number of carbonyl (C=O) groups is 1. The van der Waals surface area contributed by atoms with Crippen molar-refractivity contribution in [1.82, 2.24) is 9.78 Å². The third-order valence-electron chi connectivity index (χ3n) is 3.71. The fraction of sp³-hybridized carbons (Fsp3) is 0.150. The maximum absolute atomic E-state index is 12.8. The van der Waals surface area contributed by atoms with Crippen molar-refractivity contribution in [1.29, 1.82) is 0 Å². The summed E-state index contributed by atoms with van der Waals surface area (Å²) >= 11 is 0. The van der Waals surface area contributed by atoms with Crippen LogP contribution < -0.4 is 5.56 Å². The number of hydrogen-bond donors (Lipinski definition) is 0. The molecule has 0 unspecified atom stereocenters. The third-order valence-corrected chi connectivity index (χ3v) is 3.71. The molecule has 3 aromatic rings. The second-order valence-electron chi connectivity index (χ2n) is 5.44. The Morgan fingerprint density at radius 1 is 1.00 bits per heavy atom. The van der Waals surface area contributed by atoms with Gasteiger partial charge >= 0.3 is 5.97 Å². The smallest absolute Gasteiger partial charge is 0.327 e. The average Bonchev–Trinajstić information content (AvgIpc) is 2.65. The van der Waals surface area contributed by atoms with Gasteiger partial charge in [-0.2, -0.15) is 5.10 Å². The highest BCUT2D eigenvalue weighted by Crippen LogP contribution is 2.21. The van der Waals surface area contributed by atoms with E-state index in [9.17, 15) is 9.59 Å². The minimum absolute atomic E-state index is 0.215. The van der Waals surface area contributed by atoms with Crippen LogP contribution in [-0.2, 0) is 16.1 Å². The second kappa shape index (κ2) is 7.57. The van der Waals surface area contributed by atoms with Crippen molar-refractivity contribution in [2.75, 3.05) is 6.61 Å². The second-order valence-corrected chi connectivity index (χ2v) is 5.44. The molecular formula is C20H18N2O3. The quantitative estimate of drug-likeness (QED) is 0.673. The van der Waals surface area contributed by atoms with Crippen molar-refractivity contribution < 1.29 is 9.53 Å². The summed E-state index contributed by atoms with van der Waals surface area (Å²) in [6.07, 6.45) is 0. The Morgan fingerprint density at radius 3 is 2.20 bits per heavy atom. The molecule has 0 saturated heterocycles. The summed E-state index contributed by atoms with van der Waals surface area (Å²) in [7, 11) is 0. The predicted octanol–water partition coefficient (Wildman–Crippen LogP) is 3.14. The molecule has 3 rings (SSSR count). The summed E-state index contributed by atoms with van der Waals surface area (Å²) in [6, 6.07) is 20.7. The first-order valence-corrected chi connectivity index (χ1v) is 8.07. The van der Waals surface area contributed by atoms with Gasteiger partial charge in [-0.05, 0) is 18.6 Å². The fourth-order valence-electron chi connectivity index (χ4n) is 2.55. The number of aromatic nitrogens is 2. The van der Waals surface area contributed by atoms with Crippen LogP contribution in [0.3, 0.4) is 0 Å². The van der Waals surface area contributed by atoms with Crippen LogP contribution in [0.25, 0.3) is 22.4 Å². The molecule has 0 amide bonds. The molecule has 0 aliphatic heterocycles. The third kappa shape index (κ3) is 3.83. The van der Waals surface area contributed by atoms with E-state index in [4.69, 9.17) is 4.74 Å². The number of benzene rings is 2. The average molecular weight is 334 g/mol. The Bertz CT molecular complexity index is 919. The summed E-state index contributed by atoms with van der Waals surface area (Å²) in [5, 5.41) is 4.35. The van der Waals surface area contributed by atoms with E-state index in [1.807, 2.05) is 60.7 Å². The first kappa shape index (κ1) is 16.6. The van der Waals surface area contributed by atoms with E-state index in [2.05, 4.69) is 5.10 Å². The van der Waals surface area contributed by atoms with Gasteiger partial charge in [0.1, 0.15) is 6.54 Å². The first-order valence-electron chi connectivity index (χ1n) is 8.07. The highest BCUT2D eigenvalue weighted by Gasteiger charge is 2.14. The molecule has 5 nitrogen and oxygen atoms in total. The van der Waals surface area contributed by atoms with E-state index in [0.717, 1.165) is 11.1 Å². The molecule has 0 radical (unpaired) electrons. The number of rotatable bonds is 5. The molecule has 0 bridgehead atoms. The largest absolute Gasteiger partial charge is 0.465 e. The maximum Gasteiger partial charge on any atom is 0.327 e. The maximum atomic E-state index is 12.8. The Hall–Kier alpha value is -3.21. The van der Waals surface area contributed by atoms with Crippen LogP contribution in [0.5, 0.6) is 0 Å². The van der Waals surface area contributed by atoms with Gasteiger partial charge in [-0.3, -0.25) is 9.59 Å². The molecule has 0 atom stereocenters. The number of ether oxygens (including phenoxy) is 1. The molecule has 1 heterocycles. The topological polar surface area (TPSA) is 61.2 Å². The van der Waals surface area contributed by atoms with E-state index >= 15 is 0 Å². The van der Waals surface area contributed by atoms with Gasteiger partial charge in [-0.25, -0.2) is 4.68 Å². The monoisotopic (exact) mass is 334 g/mol. The van der Waals surface area contributed by atoms with Gasteiger partial charge in [-0.1, -0.05) is 60.7 Å². The SMILES string of the molecule is CCOC(=O)Cn1nc(-c2ccccc2)cc(-c2ccccc2)c1=O. The molecular weight excluding hydrogens is 316 g/mol. The molecule has 0 aliphatic carbocycles. The molecule has 0 aliphatic rings. The van der Waals surface area contributed by atoms with Crippen molar-refractivity contribution in [3.05, 3.63) is 77.1 Å². The molecule has 1 aromatic heterocycles. The Kier molecular flexibility index (Phi) is 5.04. The first-order chi connectivity index (χ1) is 12.2. The van der Waals surface area contributed by atoms with Crippen molar-refractivity contribution in [2.24, 2.45) is 0 Å². The van der Waals surface area contributed by atoms with Crippen molar-refractivity contribution >= 4 is 5.97 Å². The lowest BCUT2D eigenvalue weighted by Crippen LogP contribution is -2.29. The van der Waals surface area contributed by atoms with E-state index in [-0.39, 0.29) is 18.7 Å². The van der Waals surface area contributed by atoms with Gasteiger partial charge in [0.25, 0.3) is 5.56 Å². The van der Waals surface area contributed by atoms with Crippen molar-refractivity contribution in [2.45, 2.75) is 13.5 Å². The minimum atomic E-state index is -0.485. The summed E-state index contributed by atoms with van der Waals surface area (Å²) in [5.41, 5.74) is 2.46. The lowest BCUT2D eigenvalue weighted by Gasteiger charge is -2.11. The van der Waals surface area contributed by atoms with Gasteiger partial charge in [-0.15, -0.1) is 0 Å². The Balaban J connectivity index is 2.14. The number of esters is 1. The lowest BCUT2D eigenvalue weighted by atomic mass is 10.0. The molecule has 0 saturated carbocycles. The summed E-state index contributed by atoms with van der Waals surface area (Å²) in [6.45, 7) is 1.77. The van der Waals surface area contributed by atoms with Gasteiger partial charge in [0.05, 0.1) is 17.9 Å². The van der Waals surface area contributed by atoms with Crippen LogP contribution in [0.15, 0.2) is 71.5 Å². The van der Waals surface area contributed by atoms with Gasteiger partial charge in [0.15, 0.2) is 0 Å². The van der Waals surface area contributed by atoms with E-state index in [1.165, 1.54) is 4.68 Å². The van der Waals surface area contributed by atoms with Crippen LogP contribution in [0.4, 0.5) is 0 Å². The van der Waals surface area contributed by atoms with Gasteiger partial charge in [0.2, 0.25) is 0 Å². The normalized spacial score (nSPS) is 10.4. The van der Waals surface area contributed by atoms with Crippen LogP contribution >= 0.6 is 0 Å². The zero-order chi connectivity index (χ0) is 17.6. The standard InChI is InChI=1S/C20H18N2O3/c1-2-25-19(23)14-22-20(24)17(15-9-5-3-6-10-15)13-18(21-22)16-11-7-4-8-12-16/h3-13H,2,14H2,1H3. The summed E-state index contributed by atoms with van der Waals surface area (Å²) < 4.78 is 6.12. The van der Waals surface area contributed by atoms with E-state index < -0.39 is 5.97 Å². The number of nitrogens with zero attached hydrogens (tertiary/aromatic N) is 2. The lowest BCUT2D eigenvalue weighted by molar-refractivity contribution is -0.144. The zero-order valence-corrected chi connectivity index (χ0v) is 13.9. The van der Waals surface area contributed by atoms with E-state index in [0.29, 0.717) is 11.3 Å². The van der Waals surface area contributed by atoms with Crippen LogP contribution in [0.1, 0.15) is 6.92 Å². The highest BCUT2D eigenvalue weighted by molar-refractivity contribution is 5.71. The van der Waals surface area contributed by atoms with Crippen molar-refractivity contribution in [3.8, 4) is 22.4 Å². The van der Waals surface area contributed by atoms with Crippen LogP contribution in [-0.4, -0.2) is 22.4 Å². The number of hydrogen-bond acceptors (Lipinski definition) is 4. The number of carbonyl (C=O) groups excluding carboxylic acids is 1. The van der Waals surface area contributed by atoms with Gasteiger partial charge < -0.3 is 4.74 Å². The highest BCUT2D eigenvalue weighted by atomic mass is 16.5. The molecule has 5 heteroatoms.